The summed E-state index contributed by atoms with van der Waals surface area (Å²) in [5.41, 5.74) is 1.02. The van der Waals surface area contributed by atoms with Crippen LogP contribution in [0.2, 0.25) is 0 Å². The van der Waals surface area contributed by atoms with Gasteiger partial charge in [0.15, 0.2) is 0 Å². The third kappa shape index (κ3) is 6.04. The Labute approximate surface area is 167 Å². The number of rotatable bonds is 8. The predicted molar refractivity (Wildman–Crippen MR) is 110 cm³/mol. The Morgan fingerprint density at radius 2 is 2.04 bits per heavy atom. The smallest absolute Gasteiger partial charge is 0.326 e. The molecule has 0 unspecified atom stereocenters. The van der Waals surface area contributed by atoms with Crippen LogP contribution >= 0.6 is 24.0 Å². The van der Waals surface area contributed by atoms with Gasteiger partial charge in [-0.1, -0.05) is 73.4 Å². The second kappa shape index (κ2) is 10.0. The third-order valence-electron chi connectivity index (χ3n) is 3.81. The van der Waals surface area contributed by atoms with Crippen LogP contribution in [0.25, 0.3) is 6.08 Å². The first-order valence-corrected chi connectivity index (χ1v) is 9.64. The zero-order valence-corrected chi connectivity index (χ0v) is 16.4. The molecule has 1 aromatic rings. The molecule has 0 radical (unpaired) electrons. The van der Waals surface area contributed by atoms with Crippen LogP contribution in [0.5, 0.6) is 0 Å². The molecule has 0 aliphatic carbocycles. The molecular weight excluding hydrogens is 384 g/mol. The highest BCUT2D eigenvalue weighted by Crippen LogP contribution is 2.31. The summed E-state index contributed by atoms with van der Waals surface area (Å²) in [6, 6.07) is 8.77. The normalized spacial score (nSPS) is 16.9. The number of thioether (sulfide) groups is 1. The van der Waals surface area contributed by atoms with Gasteiger partial charge in [-0.15, -0.1) is 0 Å². The van der Waals surface area contributed by atoms with Gasteiger partial charge in [0.05, 0.1) is 4.91 Å². The molecule has 2 rings (SSSR count). The number of benzene rings is 1. The van der Waals surface area contributed by atoms with Crippen molar-refractivity contribution in [2.45, 2.75) is 25.8 Å². The Kier molecular flexibility index (Phi) is 7.75. The van der Waals surface area contributed by atoms with Gasteiger partial charge >= 0.3 is 5.97 Å². The van der Waals surface area contributed by atoms with Gasteiger partial charge in [0, 0.05) is 13.0 Å². The predicted octanol–water partition coefficient (Wildman–Crippen LogP) is 2.81. The maximum absolute atomic E-state index is 12.4. The topological polar surface area (TPSA) is 86.7 Å². The second-order valence-electron chi connectivity index (χ2n) is 5.74. The highest BCUT2D eigenvalue weighted by atomic mass is 32.2. The lowest BCUT2D eigenvalue weighted by molar-refractivity contribution is -0.142. The second-order valence-corrected chi connectivity index (χ2v) is 7.42. The molecule has 1 atom stereocenters. The highest BCUT2D eigenvalue weighted by molar-refractivity contribution is 8.26. The van der Waals surface area contributed by atoms with E-state index in [-0.39, 0.29) is 18.9 Å². The molecule has 142 valence electrons. The van der Waals surface area contributed by atoms with Gasteiger partial charge in [0.25, 0.3) is 5.91 Å². The van der Waals surface area contributed by atoms with Crippen LogP contribution < -0.4 is 5.32 Å². The number of amides is 2. The first-order chi connectivity index (χ1) is 12.9. The molecule has 0 saturated carbocycles. The molecule has 1 aliphatic heterocycles. The van der Waals surface area contributed by atoms with E-state index in [0.29, 0.717) is 15.6 Å². The molecule has 8 heteroatoms. The van der Waals surface area contributed by atoms with Crippen LogP contribution in [-0.4, -0.2) is 44.7 Å². The van der Waals surface area contributed by atoms with Crippen LogP contribution in [0.1, 0.15) is 25.3 Å². The molecule has 1 fully saturated rings. The Balaban J connectivity index is 1.91. The lowest BCUT2D eigenvalue weighted by Crippen LogP contribution is -2.42. The summed E-state index contributed by atoms with van der Waals surface area (Å²) >= 11 is 6.40. The van der Waals surface area contributed by atoms with Gasteiger partial charge in [-0.3, -0.25) is 14.5 Å². The number of carbonyl (C=O) groups is 3. The van der Waals surface area contributed by atoms with Gasteiger partial charge in [-0.25, -0.2) is 4.79 Å². The average Bonchev–Trinajstić information content (AvgIpc) is 2.92. The van der Waals surface area contributed by atoms with Crippen LogP contribution in [0.4, 0.5) is 0 Å². The molecule has 0 spiro atoms. The van der Waals surface area contributed by atoms with Crippen molar-refractivity contribution < 1.29 is 19.5 Å². The Morgan fingerprint density at radius 1 is 1.33 bits per heavy atom. The number of carbonyl (C=O) groups excluding carboxylic acids is 2. The minimum atomic E-state index is -1.08. The van der Waals surface area contributed by atoms with E-state index < -0.39 is 17.9 Å². The van der Waals surface area contributed by atoms with Crippen molar-refractivity contribution >= 4 is 52.2 Å². The van der Waals surface area contributed by atoms with Crippen molar-refractivity contribution in [3.63, 3.8) is 0 Å². The number of nitrogens with one attached hydrogen (secondary N) is 1. The summed E-state index contributed by atoms with van der Waals surface area (Å²) in [7, 11) is 0. The first kappa shape index (κ1) is 20.9. The van der Waals surface area contributed by atoms with Crippen molar-refractivity contribution in [2.75, 3.05) is 6.54 Å². The molecule has 2 N–H and O–H groups in total. The van der Waals surface area contributed by atoms with E-state index in [2.05, 4.69) is 5.32 Å². The summed E-state index contributed by atoms with van der Waals surface area (Å²) in [4.78, 5) is 37.2. The molecular formula is C19H20N2O4S2. The van der Waals surface area contributed by atoms with Crippen molar-refractivity contribution in [2.24, 2.45) is 0 Å². The van der Waals surface area contributed by atoms with Crippen LogP contribution in [0, 0.1) is 0 Å². The van der Waals surface area contributed by atoms with E-state index in [4.69, 9.17) is 17.3 Å². The summed E-state index contributed by atoms with van der Waals surface area (Å²) in [6.07, 6.45) is 5.65. The maximum Gasteiger partial charge on any atom is 0.326 e. The molecule has 0 bridgehead atoms. The van der Waals surface area contributed by atoms with E-state index in [1.807, 2.05) is 36.4 Å². The van der Waals surface area contributed by atoms with Crippen molar-refractivity contribution in [3.8, 4) is 0 Å². The summed E-state index contributed by atoms with van der Waals surface area (Å²) in [5.74, 6) is -1.75. The number of aliphatic carboxylic acids is 1. The van der Waals surface area contributed by atoms with E-state index in [1.165, 1.54) is 16.7 Å². The fraction of sp³-hybridized carbons (Fsp3) is 0.263. The maximum atomic E-state index is 12.4. The quantitative estimate of drug-likeness (QED) is 0.512. The molecule has 0 aromatic heterocycles. The summed E-state index contributed by atoms with van der Waals surface area (Å²) < 4.78 is 0.387. The van der Waals surface area contributed by atoms with E-state index in [0.717, 1.165) is 5.56 Å². The molecule has 27 heavy (non-hydrogen) atoms. The van der Waals surface area contributed by atoms with E-state index >= 15 is 0 Å². The van der Waals surface area contributed by atoms with Gasteiger partial charge in [0.1, 0.15) is 10.4 Å². The number of carboxylic acids is 1. The average molecular weight is 405 g/mol. The SMILES string of the molecule is CC[C@@H](NC(=O)CCN1C(=O)/C(=C\C=C\c2ccccc2)SC1=S)C(=O)O. The minimum absolute atomic E-state index is 0.0106. The monoisotopic (exact) mass is 404 g/mol. The van der Waals surface area contributed by atoms with Crippen molar-refractivity contribution in [3.05, 3.63) is 53.0 Å². The molecule has 1 aliphatic rings. The van der Waals surface area contributed by atoms with Crippen LogP contribution in [0.15, 0.2) is 47.4 Å². The number of thiocarbonyl (C=S) groups is 1. The third-order valence-corrected chi connectivity index (χ3v) is 5.21. The number of nitrogens with zero attached hydrogens (tertiary/aromatic N) is 1. The van der Waals surface area contributed by atoms with Crippen LogP contribution in [-0.2, 0) is 14.4 Å². The largest absolute Gasteiger partial charge is 0.480 e. The van der Waals surface area contributed by atoms with Gasteiger partial charge in [-0.05, 0) is 18.1 Å². The highest BCUT2D eigenvalue weighted by Gasteiger charge is 2.31. The van der Waals surface area contributed by atoms with Crippen LogP contribution in [0.3, 0.4) is 0 Å². The first-order valence-electron chi connectivity index (χ1n) is 8.41. The van der Waals surface area contributed by atoms with Gasteiger partial charge in [0.2, 0.25) is 5.91 Å². The zero-order valence-electron chi connectivity index (χ0n) is 14.8. The van der Waals surface area contributed by atoms with Crippen molar-refractivity contribution in [1.82, 2.24) is 10.2 Å². The Morgan fingerprint density at radius 3 is 2.67 bits per heavy atom. The number of allylic oxidation sites excluding steroid dienone is 2. The van der Waals surface area contributed by atoms with Gasteiger partial charge < -0.3 is 10.4 Å². The summed E-state index contributed by atoms with van der Waals surface area (Å²) in [5, 5.41) is 11.4. The molecule has 1 heterocycles. The molecule has 1 saturated heterocycles. The van der Waals surface area contributed by atoms with E-state index in [1.54, 1.807) is 19.1 Å². The van der Waals surface area contributed by atoms with E-state index in [9.17, 15) is 14.4 Å². The Bertz CT molecular complexity index is 790. The van der Waals surface area contributed by atoms with Crippen molar-refractivity contribution in [1.29, 1.82) is 0 Å². The summed E-state index contributed by atoms with van der Waals surface area (Å²) in [6.45, 7) is 1.79. The zero-order chi connectivity index (χ0) is 19.8. The lowest BCUT2D eigenvalue weighted by atomic mass is 10.2. The number of hydrogen-bond acceptors (Lipinski definition) is 5. The molecule has 6 nitrogen and oxygen atoms in total. The number of hydrogen-bond donors (Lipinski definition) is 2. The van der Waals surface area contributed by atoms with Gasteiger partial charge in [-0.2, -0.15) is 0 Å². The fourth-order valence-corrected chi connectivity index (χ4v) is 3.60. The minimum Gasteiger partial charge on any atom is -0.480 e. The fourth-order valence-electron chi connectivity index (χ4n) is 2.34. The molecule has 2 amide bonds. The Hall–Kier alpha value is -2.45. The standard InChI is InChI=1S/C19H20N2O4S2/c1-2-14(18(24)25)20-16(22)11-12-21-17(23)15(27-19(21)26)10-6-9-13-7-4-3-5-8-13/h3-10,14H,2,11-12H2,1H3,(H,20,22)(H,24,25)/b9-6+,15-10+/t14-/m1/s1. The number of carboxylic acid groups (broad SMARTS) is 1. The molecule has 1 aromatic carbocycles. The lowest BCUT2D eigenvalue weighted by Gasteiger charge is -2.16.